The Balaban J connectivity index is 1.97. The third kappa shape index (κ3) is 3.07. The molecule has 2 rings (SSSR count). The molecule has 1 atom stereocenters. The molecular formula is C14H21N. The first-order chi connectivity index (χ1) is 7.36. The molecule has 1 heterocycles. The number of nitrogens with zero attached hydrogens (tertiary/aromatic N) is 1. The van der Waals surface area contributed by atoms with Gasteiger partial charge in [-0.3, -0.25) is 0 Å². The highest BCUT2D eigenvalue weighted by Crippen LogP contribution is 2.18. The van der Waals surface area contributed by atoms with Gasteiger partial charge in [0.1, 0.15) is 0 Å². The Kier molecular flexibility index (Phi) is 3.79. The van der Waals surface area contributed by atoms with Gasteiger partial charge in [0.15, 0.2) is 0 Å². The maximum Gasteiger partial charge on any atom is 0.0133 e. The highest BCUT2D eigenvalue weighted by molar-refractivity contribution is 5.15. The fraction of sp³-hybridized carbons (Fsp3) is 0.571. The number of hydrogen-bond donors (Lipinski definition) is 0. The van der Waals surface area contributed by atoms with E-state index in [2.05, 4.69) is 42.3 Å². The van der Waals surface area contributed by atoms with Crippen LogP contribution in [0.1, 0.15) is 31.2 Å². The topological polar surface area (TPSA) is 3.24 Å². The van der Waals surface area contributed by atoms with E-state index in [1.165, 1.54) is 44.2 Å². The second kappa shape index (κ2) is 5.32. The van der Waals surface area contributed by atoms with Gasteiger partial charge >= 0.3 is 0 Å². The van der Waals surface area contributed by atoms with Crippen LogP contribution in [0, 0.1) is 0 Å². The molecule has 1 saturated heterocycles. The average Bonchev–Trinajstić information content (AvgIpc) is 2.46. The Labute approximate surface area is 93.1 Å². The lowest BCUT2D eigenvalue weighted by molar-refractivity contribution is 0.245. The van der Waals surface area contributed by atoms with Crippen molar-refractivity contribution in [3.8, 4) is 0 Å². The van der Waals surface area contributed by atoms with Crippen LogP contribution >= 0.6 is 0 Å². The molecule has 1 aliphatic heterocycles. The quantitative estimate of drug-likeness (QED) is 0.714. The Morgan fingerprint density at radius 1 is 1.13 bits per heavy atom. The van der Waals surface area contributed by atoms with Gasteiger partial charge in [0.2, 0.25) is 0 Å². The van der Waals surface area contributed by atoms with Crippen LogP contribution in [0.15, 0.2) is 30.3 Å². The number of likely N-dealkylation sites (N-methyl/N-ethyl adjacent to an activating group) is 1. The average molecular weight is 203 g/mol. The van der Waals surface area contributed by atoms with Crippen molar-refractivity contribution in [3.05, 3.63) is 35.9 Å². The molecule has 1 aromatic rings. The van der Waals surface area contributed by atoms with Crippen LogP contribution < -0.4 is 0 Å². The fourth-order valence-electron chi connectivity index (χ4n) is 2.46. The molecule has 0 spiro atoms. The predicted octanol–water partition coefficient (Wildman–Crippen LogP) is 3.10. The van der Waals surface area contributed by atoms with Gasteiger partial charge < -0.3 is 4.90 Å². The van der Waals surface area contributed by atoms with Crippen molar-refractivity contribution in [1.82, 2.24) is 4.90 Å². The molecule has 0 aliphatic carbocycles. The Bertz CT molecular complexity index is 281. The summed E-state index contributed by atoms with van der Waals surface area (Å²) in [6.45, 7) is 1.28. The summed E-state index contributed by atoms with van der Waals surface area (Å²) in [5.41, 5.74) is 1.48. The van der Waals surface area contributed by atoms with Crippen LogP contribution in [0.4, 0.5) is 0 Å². The van der Waals surface area contributed by atoms with E-state index in [4.69, 9.17) is 0 Å². The van der Waals surface area contributed by atoms with Crippen molar-refractivity contribution in [1.29, 1.82) is 0 Å². The zero-order valence-corrected chi connectivity index (χ0v) is 9.65. The normalized spacial score (nSPS) is 23.7. The molecule has 0 N–H and O–H groups in total. The van der Waals surface area contributed by atoms with Gasteiger partial charge in [0.25, 0.3) is 0 Å². The van der Waals surface area contributed by atoms with E-state index in [1.807, 2.05) is 0 Å². The summed E-state index contributed by atoms with van der Waals surface area (Å²) in [6, 6.07) is 11.6. The van der Waals surface area contributed by atoms with Gasteiger partial charge in [-0.2, -0.15) is 0 Å². The van der Waals surface area contributed by atoms with Crippen molar-refractivity contribution in [3.63, 3.8) is 0 Å². The van der Waals surface area contributed by atoms with Crippen LogP contribution in [0.5, 0.6) is 0 Å². The number of hydrogen-bond acceptors (Lipinski definition) is 1. The minimum absolute atomic E-state index is 0.759. The molecule has 0 aromatic heterocycles. The maximum absolute atomic E-state index is 2.54. The standard InChI is InChI=1S/C14H21N/c1-15-11-7-3-6-10-14(15)12-13-8-4-2-5-9-13/h2,4-5,8-9,14H,3,6-7,10-12H2,1H3. The van der Waals surface area contributed by atoms with Crippen molar-refractivity contribution in [2.45, 2.75) is 38.1 Å². The summed E-state index contributed by atoms with van der Waals surface area (Å²) in [6.07, 6.45) is 6.78. The summed E-state index contributed by atoms with van der Waals surface area (Å²) in [5, 5.41) is 0. The van der Waals surface area contributed by atoms with E-state index >= 15 is 0 Å². The van der Waals surface area contributed by atoms with Gasteiger partial charge in [-0.1, -0.05) is 43.2 Å². The second-order valence-corrected chi connectivity index (χ2v) is 4.67. The molecule has 1 aromatic carbocycles. The van der Waals surface area contributed by atoms with Crippen LogP contribution in [-0.4, -0.2) is 24.5 Å². The van der Waals surface area contributed by atoms with E-state index in [0.29, 0.717) is 0 Å². The van der Waals surface area contributed by atoms with Gasteiger partial charge in [0, 0.05) is 6.04 Å². The molecule has 1 aliphatic rings. The monoisotopic (exact) mass is 203 g/mol. The van der Waals surface area contributed by atoms with Crippen molar-refractivity contribution >= 4 is 0 Å². The third-order valence-corrected chi connectivity index (χ3v) is 3.49. The summed E-state index contributed by atoms with van der Waals surface area (Å²) < 4.78 is 0. The first kappa shape index (κ1) is 10.7. The van der Waals surface area contributed by atoms with Crippen LogP contribution in [-0.2, 0) is 6.42 Å². The van der Waals surface area contributed by atoms with Crippen LogP contribution in [0.3, 0.4) is 0 Å². The number of likely N-dealkylation sites (tertiary alicyclic amines) is 1. The SMILES string of the molecule is CN1CCCCCC1Cc1ccccc1. The lowest BCUT2D eigenvalue weighted by Gasteiger charge is -2.25. The van der Waals surface area contributed by atoms with E-state index in [0.717, 1.165) is 6.04 Å². The maximum atomic E-state index is 2.54. The molecule has 0 saturated carbocycles. The zero-order valence-electron chi connectivity index (χ0n) is 9.65. The van der Waals surface area contributed by atoms with E-state index in [9.17, 15) is 0 Å². The number of rotatable bonds is 2. The first-order valence-electron chi connectivity index (χ1n) is 6.10. The zero-order chi connectivity index (χ0) is 10.5. The molecule has 0 amide bonds. The lowest BCUT2D eigenvalue weighted by atomic mass is 10.0. The molecule has 1 nitrogen and oxygen atoms in total. The first-order valence-corrected chi connectivity index (χ1v) is 6.10. The van der Waals surface area contributed by atoms with Gasteiger partial charge in [0.05, 0.1) is 0 Å². The van der Waals surface area contributed by atoms with Gasteiger partial charge in [-0.05, 0) is 38.4 Å². The minimum Gasteiger partial charge on any atom is -0.303 e. The smallest absolute Gasteiger partial charge is 0.0133 e. The van der Waals surface area contributed by atoms with Crippen LogP contribution in [0.25, 0.3) is 0 Å². The second-order valence-electron chi connectivity index (χ2n) is 4.67. The highest BCUT2D eigenvalue weighted by Gasteiger charge is 2.17. The molecule has 1 heteroatoms. The summed E-state index contributed by atoms with van der Waals surface area (Å²) >= 11 is 0. The van der Waals surface area contributed by atoms with Gasteiger partial charge in [-0.15, -0.1) is 0 Å². The van der Waals surface area contributed by atoms with E-state index < -0.39 is 0 Å². The summed E-state index contributed by atoms with van der Waals surface area (Å²) in [7, 11) is 2.28. The van der Waals surface area contributed by atoms with E-state index in [-0.39, 0.29) is 0 Å². The molecule has 82 valence electrons. The third-order valence-electron chi connectivity index (χ3n) is 3.49. The molecule has 1 fully saturated rings. The van der Waals surface area contributed by atoms with E-state index in [1.54, 1.807) is 0 Å². The summed E-state index contributed by atoms with van der Waals surface area (Å²) in [4.78, 5) is 2.54. The van der Waals surface area contributed by atoms with Crippen LogP contribution in [0.2, 0.25) is 0 Å². The molecule has 1 unspecified atom stereocenters. The molecular weight excluding hydrogens is 182 g/mol. The predicted molar refractivity (Wildman–Crippen MR) is 65.0 cm³/mol. The molecule has 15 heavy (non-hydrogen) atoms. The molecule has 0 radical (unpaired) electrons. The summed E-state index contributed by atoms with van der Waals surface area (Å²) in [5.74, 6) is 0. The largest absolute Gasteiger partial charge is 0.303 e. The highest BCUT2D eigenvalue weighted by atomic mass is 15.1. The van der Waals surface area contributed by atoms with Crippen molar-refractivity contribution in [2.75, 3.05) is 13.6 Å². The number of benzene rings is 1. The van der Waals surface area contributed by atoms with Crippen molar-refractivity contribution < 1.29 is 0 Å². The Morgan fingerprint density at radius 2 is 1.93 bits per heavy atom. The Morgan fingerprint density at radius 3 is 2.73 bits per heavy atom. The fourth-order valence-corrected chi connectivity index (χ4v) is 2.46. The molecule has 0 bridgehead atoms. The lowest BCUT2D eigenvalue weighted by Crippen LogP contribution is -2.32. The Hall–Kier alpha value is -0.820. The van der Waals surface area contributed by atoms with Crippen molar-refractivity contribution in [2.24, 2.45) is 0 Å². The minimum atomic E-state index is 0.759. The van der Waals surface area contributed by atoms with Gasteiger partial charge in [-0.25, -0.2) is 0 Å².